The molecule has 1 fully saturated rings. The smallest absolute Gasteiger partial charge is 0.180 e. The summed E-state index contributed by atoms with van der Waals surface area (Å²) in [5.41, 5.74) is 7.20. The van der Waals surface area contributed by atoms with Crippen molar-refractivity contribution in [3.63, 3.8) is 0 Å². The topological polar surface area (TPSA) is 38.9 Å². The molecule has 1 aliphatic carbocycles. The van der Waals surface area contributed by atoms with Crippen LogP contribution >= 0.6 is 11.3 Å². The van der Waals surface area contributed by atoms with E-state index in [-0.39, 0.29) is 5.82 Å². The van der Waals surface area contributed by atoms with Crippen molar-refractivity contribution in [3.8, 4) is 11.3 Å². The molecule has 2 aromatic rings. The van der Waals surface area contributed by atoms with Crippen molar-refractivity contribution in [2.45, 2.75) is 38.0 Å². The first-order valence-electron chi connectivity index (χ1n) is 6.77. The lowest BCUT2D eigenvalue weighted by atomic mass is 9.87. The minimum atomic E-state index is -0.218. The number of hydrogen-bond acceptors (Lipinski definition) is 3. The highest BCUT2D eigenvalue weighted by Crippen LogP contribution is 2.42. The Labute approximate surface area is 116 Å². The van der Waals surface area contributed by atoms with Crippen LogP contribution in [0.4, 0.5) is 9.52 Å². The zero-order chi connectivity index (χ0) is 13.2. The molecule has 1 saturated carbocycles. The van der Waals surface area contributed by atoms with Gasteiger partial charge in [-0.3, -0.25) is 0 Å². The molecule has 0 unspecified atom stereocenters. The van der Waals surface area contributed by atoms with E-state index in [9.17, 15) is 4.39 Å². The van der Waals surface area contributed by atoms with Gasteiger partial charge in [-0.25, -0.2) is 9.37 Å². The van der Waals surface area contributed by atoms with Crippen LogP contribution in [0.3, 0.4) is 0 Å². The molecule has 0 spiro atoms. The first kappa shape index (κ1) is 12.6. The van der Waals surface area contributed by atoms with Crippen molar-refractivity contribution in [3.05, 3.63) is 35.0 Å². The van der Waals surface area contributed by atoms with Gasteiger partial charge in [0.15, 0.2) is 5.13 Å². The van der Waals surface area contributed by atoms with Gasteiger partial charge in [-0.15, -0.1) is 11.3 Å². The molecule has 3 rings (SSSR count). The van der Waals surface area contributed by atoms with Crippen LogP contribution in [0.15, 0.2) is 24.3 Å². The van der Waals surface area contributed by atoms with Gasteiger partial charge in [0.2, 0.25) is 0 Å². The normalized spacial score (nSPS) is 16.7. The second-order valence-corrected chi connectivity index (χ2v) is 6.14. The number of rotatable bonds is 2. The number of halogens is 1. The average molecular weight is 276 g/mol. The molecule has 19 heavy (non-hydrogen) atoms. The van der Waals surface area contributed by atoms with Crippen molar-refractivity contribution in [1.29, 1.82) is 0 Å². The zero-order valence-corrected chi connectivity index (χ0v) is 11.5. The maximum absolute atomic E-state index is 14.0. The van der Waals surface area contributed by atoms with Crippen LogP contribution in [0.2, 0.25) is 0 Å². The third-order valence-corrected chi connectivity index (χ3v) is 4.82. The highest BCUT2D eigenvalue weighted by atomic mass is 32.1. The summed E-state index contributed by atoms with van der Waals surface area (Å²) in [5.74, 6) is 0.281. The fourth-order valence-corrected chi connectivity index (χ4v) is 3.85. The van der Waals surface area contributed by atoms with Crippen LogP contribution in [0, 0.1) is 5.82 Å². The molecular formula is C15H17FN2S. The zero-order valence-electron chi connectivity index (χ0n) is 10.7. The SMILES string of the molecule is Nc1nc(-c2ccccc2F)c(C2CCCCC2)s1. The lowest BCUT2D eigenvalue weighted by Gasteiger charge is -2.21. The lowest BCUT2D eigenvalue weighted by molar-refractivity contribution is 0.448. The summed E-state index contributed by atoms with van der Waals surface area (Å²) in [5, 5.41) is 0.541. The molecule has 0 bridgehead atoms. The predicted octanol–water partition coefficient (Wildman–Crippen LogP) is 4.58. The standard InChI is InChI=1S/C15H17FN2S/c16-12-9-5-4-8-11(12)13-14(19-15(17)18-13)10-6-2-1-3-7-10/h4-5,8-10H,1-3,6-7H2,(H2,17,18). The first-order valence-corrected chi connectivity index (χ1v) is 7.58. The molecular weight excluding hydrogens is 259 g/mol. The summed E-state index contributed by atoms with van der Waals surface area (Å²) in [6, 6.07) is 6.82. The lowest BCUT2D eigenvalue weighted by Crippen LogP contribution is -2.04. The monoisotopic (exact) mass is 276 g/mol. The maximum atomic E-state index is 14.0. The number of hydrogen-bond donors (Lipinski definition) is 1. The van der Waals surface area contributed by atoms with Gasteiger partial charge in [0.25, 0.3) is 0 Å². The fourth-order valence-electron chi connectivity index (χ4n) is 2.84. The van der Waals surface area contributed by atoms with E-state index >= 15 is 0 Å². The molecule has 0 amide bonds. The van der Waals surface area contributed by atoms with Gasteiger partial charge in [-0.2, -0.15) is 0 Å². The molecule has 0 radical (unpaired) electrons. The van der Waals surface area contributed by atoms with E-state index in [1.807, 2.05) is 6.07 Å². The summed E-state index contributed by atoms with van der Waals surface area (Å²) in [6.07, 6.45) is 6.14. The number of benzene rings is 1. The maximum Gasteiger partial charge on any atom is 0.180 e. The number of anilines is 1. The number of aromatic nitrogens is 1. The van der Waals surface area contributed by atoms with Crippen molar-refractivity contribution >= 4 is 16.5 Å². The van der Waals surface area contributed by atoms with Crippen LogP contribution in [0.5, 0.6) is 0 Å². The van der Waals surface area contributed by atoms with Crippen LogP contribution in [0.1, 0.15) is 42.9 Å². The van der Waals surface area contributed by atoms with Crippen LogP contribution in [-0.4, -0.2) is 4.98 Å². The summed E-state index contributed by atoms with van der Waals surface area (Å²) >= 11 is 1.52. The van der Waals surface area contributed by atoms with Gasteiger partial charge in [-0.05, 0) is 30.9 Å². The summed E-state index contributed by atoms with van der Waals surface area (Å²) in [7, 11) is 0. The largest absolute Gasteiger partial charge is 0.375 e. The summed E-state index contributed by atoms with van der Waals surface area (Å²) < 4.78 is 14.0. The number of nitrogens with two attached hydrogens (primary N) is 1. The fraction of sp³-hybridized carbons (Fsp3) is 0.400. The second kappa shape index (κ2) is 5.29. The molecule has 0 atom stereocenters. The van der Waals surface area contributed by atoms with E-state index in [1.54, 1.807) is 12.1 Å². The van der Waals surface area contributed by atoms with Gasteiger partial charge in [-0.1, -0.05) is 31.4 Å². The molecule has 1 aromatic heterocycles. The summed E-state index contributed by atoms with van der Waals surface area (Å²) in [6.45, 7) is 0. The van der Waals surface area contributed by atoms with Gasteiger partial charge in [0, 0.05) is 10.4 Å². The quantitative estimate of drug-likeness (QED) is 0.872. The number of nitrogen functional groups attached to an aromatic ring is 1. The summed E-state index contributed by atoms with van der Waals surface area (Å²) in [4.78, 5) is 5.54. The Hall–Kier alpha value is -1.42. The minimum absolute atomic E-state index is 0.218. The molecule has 100 valence electrons. The molecule has 0 saturated heterocycles. The van der Waals surface area contributed by atoms with Crippen LogP contribution in [-0.2, 0) is 0 Å². The molecule has 1 aliphatic rings. The highest BCUT2D eigenvalue weighted by molar-refractivity contribution is 7.15. The molecule has 0 aliphatic heterocycles. The Morgan fingerprint density at radius 1 is 1.16 bits per heavy atom. The third kappa shape index (κ3) is 2.50. The average Bonchev–Trinajstić information content (AvgIpc) is 2.82. The van der Waals surface area contributed by atoms with Gasteiger partial charge in [0.1, 0.15) is 5.82 Å². The Kier molecular flexibility index (Phi) is 3.51. The minimum Gasteiger partial charge on any atom is -0.375 e. The molecule has 4 heteroatoms. The molecule has 1 aromatic carbocycles. The van der Waals surface area contributed by atoms with E-state index in [0.29, 0.717) is 16.6 Å². The molecule has 2 N–H and O–H groups in total. The Morgan fingerprint density at radius 2 is 1.89 bits per heavy atom. The number of nitrogens with zero attached hydrogens (tertiary/aromatic N) is 1. The van der Waals surface area contributed by atoms with E-state index in [1.165, 1.54) is 54.4 Å². The van der Waals surface area contributed by atoms with Crippen molar-refractivity contribution in [1.82, 2.24) is 4.98 Å². The Morgan fingerprint density at radius 3 is 2.63 bits per heavy atom. The van der Waals surface area contributed by atoms with Crippen molar-refractivity contribution in [2.24, 2.45) is 0 Å². The first-order chi connectivity index (χ1) is 9.25. The van der Waals surface area contributed by atoms with Crippen LogP contribution in [0.25, 0.3) is 11.3 Å². The van der Waals surface area contributed by atoms with Crippen molar-refractivity contribution in [2.75, 3.05) is 5.73 Å². The van der Waals surface area contributed by atoms with Gasteiger partial charge >= 0.3 is 0 Å². The second-order valence-electron chi connectivity index (χ2n) is 5.08. The van der Waals surface area contributed by atoms with E-state index in [0.717, 1.165) is 5.69 Å². The molecule has 1 heterocycles. The van der Waals surface area contributed by atoms with E-state index in [2.05, 4.69) is 4.98 Å². The Balaban J connectivity index is 2.04. The predicted molar refractivity (Wildman–Crippen MR) is 77.7 cm³/mol. The van der Waals surface area contributed by atoms with E-state index in [4.69, 9.17) is 5.73 Å². The number of thiazole rings is 1. The highest BCUT2D eigenvalue weighted by Gasteiger charge is 2.24. The molecule has 2 nitrogen and oxygen atoms in total. The van der Waals surface area contributed by atoms with Gasteiger partial charge < -0.3 is 5.73 Å². The van der Waals surface area contributed by atoms with E-state index < -0.39 is 0 Å². The Bertz CT molecular complexity index is 573. The van der Waals surface area contributed by atoms with Crippen LogP contribution < -0.4 is 5.73 Å². The third-order valence-electron chi connectivity index (χ3n) is 3.77. The van der Waals surface area contributed by atoms with Gasteiger partial charge in [0.05, 0.1) is 5.69 Å². The van der Waals surface area contributed by atoms with Crippen molar-refractivity contribution < 1.29 is 4.39 Å².